The van der Waals surface area contributed by atoms with Crippen molar-refractivity contribution in [3.8, 4) is 11.8 Å². The van der Waals surface area contributed by atoms with Crippen LogP contribution in [0, 0.1) is 0 Å². The molecule has 0 saturated carbocycles. The van der Waals surface area contributed by atoms with Gasteiger partial charge in [0.25, 0.3) is 0 Å². The van der Waals surface area contributed by atoms with Crippen molar-refractivity contribution in [2.24, 2.45) is 12.8 Å². The molecule has 3 rings (SSSR count). The molecule has 0 radical (unpaired) electrons. The first kappa shape index (κ1) is 11.6. The summed E-state index contributed by atoms with van der Waals surface area (Å²) in [5.41, 5.74) is 7.41. The third kappa shape index (κ3) is 2.13. The van der Waals surface area contributed by atoms with Gasteiger partial charge in [0.05, 0.1) is 5.52 Å². The lowest BCUT2D eigenvalue weighted by Gasteiger charge is -2.09. The summed E-state index contributed by atoms with van der Waals surface area (Å²) in [5.74, 6) is 0.666. The molecule has 2 heterocycles. The number of hydrogen-bond donors (Lipinski definition) is 1. The number of fused-ring (bicyclic) bond motifs is 1. The zero-order chi connectivity index (χ0) is 13.2. The molecule has 6 heteroatoms. The van der Waals surface area contributed by atoms with Gasteiger partial charge in [-0.15, -0.1) is 5.10 Å². The molecular formula is C13H13N5O. The maximum Gasteiger partial charge on any atom is 0.341 e. The van der Waals surface area contributed by atoms with Crippen LogP contribution in [0.1, 0.15) is 5.56 Å². The fourth-order valence-electron chi connectivity index (χ4n) is 1.88. The number of rotatable bonds is 3. The van der Waals surface area contributed by atoms with Crippen LogP contribution in [0.15, 0.2) is 36.8 Å². The summed E-state index contributed by atoms with van der Waals surface area (Å²) in [6.45, 7) is 0.347. The summed E-state index contributed by atoms with van der Waals surface area (Å²) in [4.78, 5) is 8.42. The SMILES string of the molecule is Cn1cnc(Oc2c(CN)cnc3ccccc23)n1. The number of nitrogens with two attached hydrogens (primary N) is 1. The molecule has 0 aliphatic rings. The highest BCUT2D eigenvalue weighted by atomic mass is 16.5. The van der Waals surface area contributed by atoms with E-state index in [9.17, 15) is 0 Å². The summed E-state index contributed by atoms with van der Waals surface area (Å²) in [6, 6.07) is 8.03. The van der Waals surface area contributed by atoms with Crippen molar-refractivity contribution in [2.75, 3.05) is 0 Å². The van der Waals surface area contributed by atoms with E-state index in [1.54, 1.807) is 24.3 Å². The third-order valence-electron chi connectivity index (χ3n) is 2.79. The molecule has 19 heavy (non-hydrogen) atoms. The minimum Gasteiger partial charge on any atom is -0.422 e. The van der Waals surface area contributed by atoms with Gasteiger partial charge in [0, 0.05) is 30.7 Å². The molecule has 0 aliphatic carbocycles. The number of pyridine rings is 1. The first-order chi connectivity index (χ1) is 9.28. The highest BCUT2D eigenvalue weighted by molar-refractivity contribution is 5.86. The second-order valence-corrected chi connectivity index (χ2v) is 4.14. The fraction of sp³-hybridized carbons (Fsp3) is 0.154. The van der Waals surface area contributed by atoms with Gasteiger partial charge in [0.2, 0.25) is 0 Å². The summed E-state index contributed by atoms with van der Waals surface area (Å²) in [7, 11) is 1.79. The van der Waals surface area contributed by atoms with Crippen molar-refractivity contribution in [3.63, 3.8) is 0 Å². The number of nitrogens with zero attached hydrogens (tertiary/aromatic N) is 4. The zero-order valence-corrected chi connectivity index (χ0v) is 10.4. The Morgan fingerprint density at radius 3 is 2.84 bits per heavy atom. The molecule has 2 N–H and O–H groups in total. The van der Waals surface area contributed by atoms with Gasteiger partial charge < -0.3 is 10.5 Å². The highest BCUT2D eigenvalue weighted by Gasteiger charge is 2.12. The van der Waals surface area contributed by atoms with Crippen LogP contribution in [-0.2, 0) is 13.6 Å². The van der Waals surface area contributed by atoms with Crippen LogP contribution < -0.4 is 10.5 Å². The maximum atomic E-state index is 5.77. The van der Waals surface area contributed by atoms with Crippen molar-refractivity contribution < 1.29 is 4.74 Å². The molecule has 2 aromatic heterocycles. The van der Waals surface area contributed by atoms with Crippen molar-refractivity contribution in [1.29, 1.82) is 0 Å². The molecule has 0 fully saturated rings. The molecule has 1 aromatic carbocycles. The fourth-order valence-corrected chi connectivity index (χ4v) is 1.88. The lowest BCUT2D eigenvalue weighted by molar-refractivity contribution is 0.438. The standard InChI is InChI=1S/C13H13N5O/c1-18-8-16-13(17-18)19-12-9(6-14)7-15-11-5-3-2-4-10(11)12/h2-5,7-8H,6,14H2,1H3. The first-order valence-corrected chi connectivity index (χ1v) is 5.88. The van der Waals surface area contributed by atoms with E-state index in [1.807, 2.05) is 24.3 Å². The lowest BCUT2D eigenvalue weighted by Crippen LogP contribution is -2.02. The highest BCUT2D eigenvalue weighted by Crippen LogP contribution is 2.30. The van der Waals surface area contributed by atoms with Gasteiger partial charge in [-0.1, -0.05) is 12.1 Å². The van der Waals surface area contributed by atoms with Crippen molar-refractivity contribution in [3.05, 3.63) is 42.4 Å². The van der Waals surface area contributed by atoms with Crippen LogP contribution in [0.25, 0.3) is 10.9 Å². The van der Waals surface area contributed by atoms with E-state index in [1.165, 1.54) is 0 Å². The van der Waals surface area contributed by atoms with Crippen LogP contribution in [0.3, 0.4) is 0 Å². The van der Waals surface area contributed by atoms with Crippen LogP contribution >= 0.6 is 0 Å². The van der Waals surface area contributed by atoms with E-state index in [-0.39, 0.29) is 0 Å². The minimum atomic E-state index is 0.300. The number of para-hydroxylation sites is 1. The monoisotopic (exact) mass is 255 g/mol. The second-order valence-electron chi connectivity index (χ2n) is 4.14. The summed E-state index contributed by atoms with van der Waals surface area (Å²) >= 11 is 0. The molecule has 3 aromatic rings. The van der Waals surface area contributed by atoms with Crippen molar-refractivity contribution in [2.45, 2.75) is 6.54 Å². The quantitative estimate of drug-likeness (QED) is 0.769. The molecule has 0 bridgehead atoms. The average molecular weight is 255 g/mol. The number of benzene rings is 1. The number of ether oxygens (including phenoxy) is 1. The average Bonchev–Trinajstić information content (AvgIpc) is 2.85. The molecule has 0 aliphatic heterocycles. The molecule has 0 spiro atoms. The topological polar surface area (TPSA) is 78.9 Å². The summed E-state index contributed by atoms with van der Waals surface area (Å²) < 4.78 is 7.36. The molecule has 0 saturated heterocycles. The van der Waals surface area contributed by atoms with Crippen LogP contribution in [0.2, 0.25) is 0 Å². The van der Waals surface area contributed by atoms with Crippen LogP contribution in [-0.4, -0.2) is 19.7 Å². The van der Waals surface area contributed by atoms with E-state index in [0.717, 1.165) is 16.5 Å². The van der Waals surface area contributed by atoms with Gasteiger partial charge in [-0.05, 0) is 12.1 Å². The molecule has 96 valence electrons. The summed E-state index contributed by atoms with van der Waals surface area (Å²) in [5, 5.41) is 5.01. The smallest absolute Gasteiger partial charge is 0.341 e. The molecule has 0 unspecified atom stereocenters. The Balaban J connectivity index is 2.14. The maximum absolute atomic E-state index is 5.77. The molecule has 0 amide bonds. The van der Waals surface area contributed by atoms with Gasteiger partial charge in [0.15, 0.2) is 0 Å². The Labute approximate surface area is 109 Å². The van der Waals surface area contributed by atoms with Crippen molar-refractivity contribution in [1.82, 2.24) is 19.7 Å². The van der Waals surface area contributed by atoms with E-state index >= 15 is 0 Å². The van der Waals surface area contributed by atoms with Gasteiger partial charge in [-0.2, -0.15) is 4.98 Å². The number of hydrogen-bond acceptors (Lipinski definition) is 5. The Hall–Kier alpha value is -2.47. The normalized spacial score (nSPS) is 10.8. The van der Waals surface area contributed by atoms with E-state index in [4.69, 9.17) is 10.5 Å². The molecular weight excluding hydrogens is 242 g/mol. The van der Waals surface area contributed by atoms with Crippen molar-refractivity contribution >= 4 is 10.9 Å². The Bertz CT molecular complexity index is 722. The van der Waals surface area contributed by atoms with E-state index < -0.39 is 0 Å². The second kappa shape index (κ2) is 4.66. The predicted octanol–water partition coefficient (Wildman–Crippen LogP) is 1.61. The van der Waals surface area contributed by atoms with Crippen LogP contribution in [0.4, 0.5) is 0 Å². The van der Waals surface area contributed by atoms with Gasteiger partial charge in [-0.25, -0.2) is 0 Å². The Morgan fingerprint density at radius 2 is 2.11 bits per heavy atom. The molecule has 0 atom stereocenters. The zero-order valence-electron chi connectivity index (χ0n) is 10.4. The van der Waals surface area contributed by atoms with Gasteiger partial charge in [0.1, 0.15) is 12.1 Å². The van der Waals surface area contributed by atoms with Gasteiger partial charge in [-0.3, -0.25) is 9.67 Å². The molecule has 6 nitrogen and oxygen atoms in total. The predicted molar refractivity (Wildman–Crippen MR) is 70.7 cm³/mol. The number of aryl methyl sites for hydroxylation is 1. The largest absolute Gasteiger partial charge is 0.422 e. The third-order valence-corrected chi connectivity index (χ3v) is 2.79. The minimum absolute atomic E-state index is 0.300. The number of aromatic nitrogens is 4. The van der Waals surface area contributed by atoms with Gasteiger partial charge >= 0.3 is 6.01 Å². The Kier molecular flexibility index (Phi) is 2.85. The van der Waals surface area contributed by atoms with Crippen LogP contribution in [0.5, 0.6) is 11.8 Å². The van der Waals surface area contributed by atoms with E-state index in [2.05, 4.69) is 15.1 Å². The van der Waals surface area contributed by atoms with E-state index in [0.29, 0.717) is 18.3 Å². The lowest BCUT2D eigenvalue weighted by atomic mass is 10.1. The summed E-state index contributed by atoms with van der Waals surface area (Å²) in [6.07, 6.45) is 3.31. The Morgan fingerprint density at radius 1 is 1.26 bits per heavy atom. The first-order valence-electron chi connectivity index (χ1n) is 5.88.